The van der Waals surface area contributed by atoms with Crippen molar-refractivity contribution in [2.24, 2.45) is 7.05 Å². The lowest BCUT2D eigenvalue weighted by molar-refractivity contribution is 0.0678. The largest absolute Gasteiger partial charge is 0.379 e. The number of aryl methyl sites for hydroxylation is 1. The predicted octanol–water partition coefficient (Wildman–Crippen LogP) is 2.72. The third kappa shape index (κ3) is 1.96. The molecule has 1 aromatic carbocycles. The molecule has 0 saturated heterocycles. The van der Waals surface area contributed by atoms with Crippen molar-refractivity contribution in [2.75, 3.05) is 0 Å². The molecule has 0 radical (unpaired) electrons. The predicted molar refractivity (Wildman–Crippen MR) is 67.9 cm³/mol. The van der Waals surface area contributed by atoms with E-state index in [1.54, 1.807) is 17.9 Å². The molecule has 1 heterocycles. The van der Waals surface area contributed by atoms with E-state index in [0.29, 0.717) is 17.1 Å². The summed E-state index contributed by atoms with van der Waals surface area (Å²) in [4.78, 5) is 0. The van der Waals surface area contributed by atoms with E-state index < -0.39 is 5.60 Å². The molecule has 1 aromatic heterocycles. The first-order valence-corrected chi connectivity index (χ1v) is 5.93. The summed E-state index contributed by atoms with van der Waals surface area (Å²) in [7, 11) is 1.78. The first-order chi connectivity index (χ1) is 8.09. The third-order valence-corrected chi connectivity index (χ3v) is 3.33. The minimum Gasteiger partial charge on any atom is -0.379 e. The van der Waals surface area contributed by atoms with Gasteiger partial charge in [0.05, 0.1) is 16.9 Å². The first kappa shape index (κ1) is 12.1. The van der Waals surface area contributed by atoms with Crippen LogP contribution in [-0.4, -0.2) is 14.9 Å². The van der Waals surface area contributed by atoms with Gasteiger partial charge in [0.15, 0.2) is 0 Å². The average molecular weight is 251 g/mol. The highest BCUT2D eigenvalue weighted by atomic mass is 35.5. The number of rotatable bonds is 3. The molecule has 0 fully saturated rings. The summed E-state index contributed by atoms with van der Waals surface area (Å²) in [5, 5.41) is 15.4. The Bertz CT molecular complexity index is 490. The van der Waals surface area contributed by atoms with Gasteiger partial charge in [-0.15, -0.1) is 0 Å². The van der Waals surface area contributed by atoms with E-state index in [0.717, 1.165) is 5.56 Å². The minimum atomic E-state index is -1.09. The van der Waals surface area contributed by atoms with Crippen LogP contribution in [0.25, 0.3) is 0 Å². The molecule has 0 aliphatic rings. The standard InChI is InChI=1S/C13H15ClN2O/c1-3-13(17,10-7-5-4-6-8-10)12-11(14)9-15-16(12)2/h4-9,17H,3H2,1-2H3. The Kier molecular flexibility index (Phi) is 3.22. The van der Waals surface area contributed by atoms with Crippen LogP contribution < -0.4 is 0 Å². The molecule has 0 bridgehead atoms. The zero-order chi connectivity index (χ0) is 12.5. The lowest BCUT2D eigenvalue weighted by Crippen LogP contribution is -2.29. The fourth-order valence-electron chi connectivity index (χ4n) is 2.10. The van der Waals surface area contributed by atoms with Crippen molar-refractivity contribution in [3.05, 3.63) is 52.8 Å². The molecule has 17 heavy (non-hydrogen) atoms. The Hall–Kier alpha value is -1.32. The molecule has 1 atom stereocenters. The fourth-order valence-corrected chi connectivity index (χ4v) is 2.42. The normalized spacial score (nSPS) is 14.6. The number of hydrogen-bond acceptors (Lipinski definition) is 2. The number of halogens is 1. The van der Waals surface area contributed by atoms with E-state index >= 15 is 0 Å². The smallest absolute Gasteiger partial charge is 0.132 e. The van der Waals surface area contributed by atoms with Crippen LogP contribution in [0, 0.1) is 0 Å². The Morgan fingerprint density at radius 2 is 2.00 bits per heavy atom. The van der Waals surface area contributed by atoms with Crippen molar-refractivity contribution in [2.45, 2.75) is 18.9 Å². The Morgan fingerprint density at radius 3 is 2.47 bits per heavy atom. The van der Waals surface area contributed by atoms with E-state index in [1.807, 2.05) is 37.3 Å². The van der Waals surface area contributed by atoms with Crippen molar-refractivity contribution in [3.63, 3.8) is 0 Å². The number of aliphatic hydroxyl groups is 1. The van der Waals surface area contributed by atoms with Crippen molar-refractivity contribution in [3.8, 4) is 0 Å². The molecule has 0 amide bonds. The lowest BCUT2D eigenvalue weighted by atomic mass is 9.88. The Labute approximate surface area is 106 Å². The number of hydrogen-bond donors (Lipinski definition) is 1. The summed E-state index contributed by atoms with van der Waals surface area (Å²) >= 11 is 6.11. The summed E-state index contributed by atoms with van der Waals surface area (Å²) in [5.74, 6) is 0. The second-order valence-corrected chi connectivity index (χ2v) is 4.45. The van der Waals surface area contributed by atoms with Gasteiger partial charge < -0.3 is 5.11 Å². The third-order valence-electron chi connectivity index (χ3n) is 3.05. The van der Waals surface area contributed by atoms with E-state index in [4.69, 9.17) is 11.6 Å². The summed E-state index contributed by atoms with van der Waals surface area (Å²) in [6, 6.07) is 9.52. The topological polar surface area (TPSA) is 38.1 Å². The fraction of sp³-hybridized carbons (Fsp3) is 0.308. The van der Waals surface area contributed by atoms with Gasteiger partial charge in [-0.3, -0.25) is 4.68 Å². The second-order valence-electron chi connectivity index (χ2n) is 4.04. The van der Waals surface area contributed by atoms with Crippen LogP contribution in [0.5, 0.6) is 0 Å². The number of nitrogens with zero attached hydrogens (tertiary/aromatic N) is 2. The summed E-state index contributed by atoms with van der Waals surface area (Å²) in [6.45, 7) is 1.93. The molecule has 2 rings (SSSR count). The molecular weight excluding hydrogens is 236 g/mol. The van der Waals surface area contributed by atoms with Crippen LogP contribution in [-0.2, 0) is 12.6 Å². The van der Waals surface area contributed by atoms with Gasteiger partial charge in [0.2, 0.25) is 0 Å². The van der Waals surface area contributed by atoms with Crippen molar-refractivity contribution in [1.29, 1.82) is 0 Å². The highest BCUT2D eigenvalue weighted by molar-refractivity contribution is 6.31. The maximum Gasteiger partial charge on any atom is 0.132 e. The van der Waals surface area contributed by atoms with Gasteiger partial charge in [0.25, 0.3) is 0 Å². The molecule has 0 aliphatic carbocycles. The Morgan fingerprint density at radius 1 is 1.35 bits per heavy atom. The first-order valence-electron chi connectivity index (χ1n) is 5.55. The molecule has 90 valence electrons. The van der Waals surface area contributed by atoms with E-state index in [-0.39, 0.29) is 0 Å². The molecule has 1 N–H and O–H groups in total. The summed E-state index contributed by atoms with van der Waals surface area (Å²) in [5.41, 5.74) is 0.365. The van der Waals surface area contributed by atoms with Crippen molar-refractivity contribution >= 4 is 11.6 Å². The molecule has 4 heteroatoms. The molecule has 3 nitrogen and oxygen atoms in total. The molecule has 2 aromatic rings. The number of benzene rings is 1. The van der Waals surface area contributed by atoms with Crippen LogP contribution in [0.4, 0.5) is 0 Å². The quantitative estimate of drug-likeness (QED) is 0.910. The lowest BCUT2D eigenvalue weighted by Gasteiger charge is -2.28. The van der Waals surface area contributed by atoms with Crippen LogP contribution in [0.3, 0.4) is 0 Å². The van der Waals surface area contributed by atoms with Crippen LogP contribution in [0.15, 0.2) is 36.5 Å². The van der Waals surface area contributed by atoms with Gasteiger partial charge in [-0.2, -0.15) is 5.10 Å². The zero-order valence-electron chi connectivity index (χ0n) is 9.89. The van der Waals surface area contributed by atoms with Gasteiger partial charge in [-0.25, -0.2) is 0 Å². The van der Waals surface area contributed by atoms with Gasteiger partial charge in [-0.05, 0) is 12.0 Å². The van der Waals surface area contributed by atoms with Gasteiger partial charge >= 0.3 is 0 Å². The van der Waals surface area contributed by atoms with E-state index in [9.17, 15) is 5.11 Å². The van der Waals surface area contributed by atoms with Crippen molar-refractivity contribution < 1.29 is 5.11 Å². The van der Waals surface area contributed by atoms with Crippen LogP contribution in [0.2, 0.25) is 5.02 Å². The molecule has 0 spiro atoms. The van der Waals surface area contributed by atoms with Crippen LogP contribution in [0.1, 0.15) is 24.6 Å². The number of aromatic nitrogens is 2. The van der Waals surface area contributed by atoms with Crippen molar-refractivity contribution in [1.82, 2.24) is 9.78 Å². The highest BCUT2D eigenvalue weighted by Crippen LogP contribution is 2.36. The molecule has 0 saturated carbocycles. The van der Waals surface area contributed by atoms with Gasteiger partial charge in [-0.1, -0.05) is 48.9 Å². The molecular formula is C13H15ClN2O. The van der Waals surface area contributed by atoms with Gasteiger partial charge in [0, 0.05) is 7.05 Å². The monoisotopic (exact) mass is 250 g/mol. The molecule has 0 aliphatic heterocycles. The second kappa shape index (κ2) is 4.51. The average Bonchev–Trinajstić information content (AvgIpc) is 2.70. The summed E-state index contributed by atoms with van der Waals surface area (Å²) < 4.78 is 1.62. The maximum atomic E-state index is 10.9. The van der Waals surface area contributed by atoms with E-state index in [2.05, 4.69) is 5.10 Å². The molecule has 1 unspecified atom stereocenters. The SMILES string of the molecule is CCC(O)(c1ccccc1)c1c(Cl)cnn1C. The zero-order valence-corrected chi connectivity index (χ0v) is 10.6. The summed E-state index contributed by atoms with van der Waals surface area (Å²) in [6.07, 6.45) is 2.09. The Balaban J connectivity index is 2.60. The highest BCUT2D eigenvalue weighted by Gasteiger charge is 2.34. The van der Waals surface area contributed by atoms with Gasteiger partial charge in [0.1, 0.15) is 5.60 Å². The minimum absolute atomic E-state index is 0.487. The van der Waals surface area contributed by atoms with Crippen LogP contribution >= 0.6 is 11.6 Å². The van der Waals surface area contributed by atoms with E-state index in [1.165, 1.54) is 0 Å². The maximum absolute atomic E-state index is 10.9.